The summed E-state index contributed by atoms with van der Waals surface area (Å²) < 4.78 is 22.2. The zero-order valence-corrected chi connectivity index (χ0v) is 23.3. The summed E-state index contributed by atoms with van der Waals surface area (Å²) in [7, 11) is 4.55. The van der Waals surface area contributed by atoms with E-state index in [0.29, 0.717) is 40.7 Å². The van der Waals surface area contributed by atoms with Gasteiger partial charge in [-0.15, -0.1) is 0 Å². The van der Waals surface area contributed by atoms with E-state index in [1.54, 1.807) is 12.1 Å². The number of carbonyl (C=O) groups excluding carboxylic acids is 1. The van der Waals surface area contributed by atoms with E-state index in [9.17, 15) is 9.90 Å². The number of aromatic nitrogens is 2. The van der Waals surface area contributed by atoms with Crippen LogP contribution in [-0.4, -0.2) is 68.1 Å². The second-order valence-corrected chi connectivity index (χ2v) is 9.00. The minimum atomic E-state index is -0.375. The maximum atomic E-state index is 13.3. The zero-order chi connectivity index (χ0) is 29.0. The van der Waals surface area contributed by atoms with Crippen molar-refractivity contribution < 1.29 is 28.8 Å². The van der Waals surface area contributed by atoms with Crippen molar-refractivity contribution in [2.75, 3.05) is 46.4 Å². The molecule has 0 spiro atoms. The van der Waals surface area contributed by atoms with Gasteiger partial charge >= 0.3 is 0 Å². The molecule has 0 fully saturated rings. The lowest BCUT2D eigenvalue weighted by molar-refractivity contribution is 0.0947. The van der Waals surface area contributed by atoms with Gasteiger partial charge in [-0.05, 0) is 36.2 Å². The highest BCUT2D eigenvalue weighted by molar-refractivity contribution is 6.00. The molecule has 4 rings (SSSR count). The van der Waals surface area contributed by atoms with Gasteiger partial charge < -0.3 is 34.7 Å². The number of methoxy groups -OCH3 is 3. The molecule has 0 unspecified atom stereocenters. The number of carbonyl (C=O) groups is 1. The van der Waals surface area contributed by atoms with E-state index in [1.165, 1.54) is 27.5 Å². The highest BCUT2D eigenvalue weighted by Gasteiger charge is 2.22. The van der Waals surface area contributed by atoms with Crippen LogP contribution in [0.25, 0.3) is 11.3 Å². The monoisotopic (exact) mass is 558 g/mol. The topological polar surface area (TPSA) is 124 Å². The highest BCUT2D eigenvalue weighted by atomic mass is 16.5. The van der Waals surface area contributed by atoms with Crippen molar-refractivity contribution in [3.05, 3.63) is 90.1 Å². The molecule has 10 nitrogen and oxygen atoms in total. The second-order valence-electron chi connectivity index (χ2n) is 9.00. The number of nitrogens with one attached hydrogen (secondary N) is 2. The largest absolute Gasteiger partial charge is 0.493 e. The molecule has 0 aliphatic carbocycles. The zero-order valence-electron chi connectivity index (χ0n) is 23.3. The van der Waals surface area contributed by atoms with Crippen LogP contribution >= 0.6 is 0 Å². The third kappa shape index (κ3) is 7.64. The van der Waals surface area contributed by atoms with Crippen molar-refractivity contribution in [2.45, 2.75) is 12.5 Å². The minimum Gasteiger partial charge on any atom is -0.493 e. The molecule has 3 aromatic carbocycles. The summed E-state index contributed by atoms with van der Waals surface area (Å²) in [5, 5.41) is 16.1. The number of aliphatic hydroxyl groups excluding tert-OH is 1. The maximum absolute atomic E-state index is 13.3. The van der Waals surface area contributed by atoms with Gasteiger partial charge in [0.15, 0.2) is 11.5 Å². The van der Waals surface area contributed by atoms with Gasteiger partial charge in [0.2, 0.25) is 11.7 Å². The molecule has 1 atom stereocenters. The number of ether oxygens (including phenoxy) is 4. The SMILES string of the molecule is COc1cc(-c2nc(N[C@H](CO)Cc3ccccc3)ncc2C(=O)NCCOc2ccccc2)cc(OC)c1OC. The van der Waals surface area contributed by atoms with Crippen LogP contribution in [0.15, 0.2) is 79.0 Å². The van der Waals surface area contributed by atoms with Crippen LogP contribution < -0.4 is 29.6 Å². The van der Waals surface area contributed by atoms with Crippen molar-refractivity contribution in [3.8, 4) is 34.3 Å². The number of benzene rings is 3. The molecular weight excluding hydrogens is 524 g/mol. The lowest BCUT2D eigenvalue weighted by atomic mass is 10.0. The fraction of sp³-hybridized carbons (Fsp3) is 0.258. The number of aliphatic hydroxyl groups is 1. The molecule has 214 valence electrons. The summed E-state index contributed by atoms with van der Waals surface area (Å²) in [6, 6.07) is 22.3. The molecule has 0 radical (unpaired) electrons. The van der Waals surface area contributed by atoms with Crippen LogP contribution in [0, 0.1) is 0 Å². The first kappa shape index (κ1) is 29.2. The molecule has 1 heterocycles. The smallest absolute Gasteiger partial charge is 0.255 e. The quantitative estimate of drug-likeness (QED) is 0.197. The Balaban J connectivity index is 1.62. The molecule has 0 aliphatic heterocycles. The predicted molar refractivity (Wildman–Crippen MR) is 156 cm³/mol. The fourth-order valence-electron chi connectivity index (χ4n) is 4.24. The molecule has 0 aliphatic rings. The average molecular weight is 559 g/mol. The molecule has 1 aromatic heterocycles. The Labute approximate surface area is 239 Å². The minimum absolute atomic E-state index is 0.137. The summed E-state index contributed by atoms with van der Waals surface area (Å²) >= 11 is 0. The lowest BCUT2D eigenvalue weighted by Gasteiger charge is -2.19. The molecular formula is C31H34N4O6. The summed E-state index contributed by atoms with van der Waals surface area (Å²) in [6.07, 6.45) is 2.02. The summed E-state index contributed by atoms with van der Waals surface area (Å²) in [4.78, 5) is 22.4. The van der Waals surface area contributed by atoms with Crippen molar-refractivity contribution >= 4 is 11.9 Å². The average Bonchev–Trinajstić information content (AvgIpc) is 3.02. The van der Waals surface area contributed by atoms with Crippen LogP contribution in [-0.2, 0) is 6.42 Å². The van der Waals surface area contributed by atoms with Gasteiger partial charge in [0.1, 0.15) is 12.4 Å². The van der Waals surface area contributed by atoms with Crippen molar-refractivity contribution in [2.24, 2.45) is 0 Å². The Morgan fingerprint density at radius 2 is 1.59 bits per heavy atom. The summed E-state index contributed by atoms with van der Waals surface area (Å²) in [5.74, 6) is 1.84. The number of rotatable bonds is 14. The Morgan fingerprint density at radius 1 is 0.927 bits per heavy atom. The van der Waals surface area contributed by atoms with Crippen molar-refractivity contribution in [1.82, 2.24) is 15.3 Å². The van der Waals surface area contributed by atoms with E-state index >= 15 is 0 Å². The summed E-state index contributed by atoms with van der Waals surface area (Å²) in [5.41, 5.74) is 2.20. The third-order valence-electron chi connectivity index (χ3n) is 6.25. The van der Waals surface area contributed by atoms with Crippen LogP contribution in [0.3, 0.4) is 0 Å². The van der Waals surface area contributed by atoms with E-state index in [2.05, 4.69) is 15.6 Å². The van der Waals surface area contributed by atoms with Crippen molar-refractivity contribution in [1.29, 1.82) is 0 Å². The van der Waals surface area contributed by atoms with Gasteiger partial charge in [-0.1, -0.05) is 48.5 Å². The molecule has 10 heteroatoms. The van der Waals surface area contributed by atoms with E-state index in [-0.39, 0.29) is 43.2 Å². The Kier molecular flexibility index (Phi) is 10.3. The van der Waals surface area contributed by atoms with E-state index in [1.807, 2.05) is 60.7 Å². The number of anilines is 1. The first-order valence-electron chi connectivity index (χ1n) is 13.1. The van der Waals surface area contributed by atoms with Gasteiger partial charge in [-0.3, -0.25) is 4.79 Å². The molecule has 0 saturated heterocycles. The first-order chi connectivity index (χ1) is 20.1. The number of nitrogens with zero attached hydrogens (tertiary/aromatic N) is 2. The highest BCUT2D eigenvalue weighted by Crippen LogP contribution is 2.41. The van der Waals surface area contributed by atoms with E-state index < -0.39 is 0 Å². The maximum Gasteiger partial charge on any atom is 0.255 e. The van der Waals surface area contributed by atoms with Gasteiger partial charge in [0.05, 0.1) is 51.8 Å². The van der Waals surface area contributed by atoms with Crippen LogP contribution in [0.5, 0.6) is 23.0 Å². The molecule has 4 aromatic rings. The van der Waals surface area contributed by atoms with Crippen LogP contribution in [0.2, 0.25) is 0 Å². The molecule has 0 saturated carbocycles. The Bertz CT molecular complexity index is 1390. The lowest BCUT2D eigenvalue weighted by Crippen LogP contribution is -2.30. The number of hydrogen-bond donors (Lipinski definition) is 3. The first-order valence-corrected chi connectivity index (χ1v) is 13.1. The van der Waals surface area contributed by atoms with Crippen molar-refractivity contribution in [3.63, 3.8) is 0 Å². The predicted octanol–water partition coefficient (Wildman–Crippen LogP) is 3.99. The number of hydrogen-bond acceptors (Lipinski definition) is 9. The molecule has 41 heavy (non-hydrogen) atoms. The van der Waals surface area contributed by atoms with E-state index in [0.717, 1.165) is 5.56 Å². The molecule has 3 N–H and O–H groups in total. The summed E-state index contributed by atoms with van der Waals surface area (Å²) in [6.45, 7) is 0.418. The Morgan fingerprint density at radius 3 is 2.20 bits per heavy atom. The number of para-hydroxylation sites is 1. The molecule has 1 amide bonds. The van der Waals surface area contributed by atoms with Gasteiger partial charge in [-0.2, -0.15) is 0 Å². The van der Waals surface area contributed by atoms with Gasteiger partial charge in [0, 0.05) is 11.8 Å². The second kappa shape index (κ2) is 14.5. The molecule has 0 bridgehead atoms. The standard InChI is InChI=1S/C31H34N4O6/c1-38-26-17-22(18-27(39-2)29(26)40-3)28-25(30(37)32-14-15-41-24-12-8-5-9-13-24)19-33-31(35-28)34-23(20-36)16-21-10-6-4-7-11-21/h4-13,17-19,23,36H,14-16,20H2,1-3H3,(H,32,37)(H,33,34,35)/t23-/m0/s1. The normalized spacial score (nSPS) is 11.3. The Hall–Kier alpha value is -4.83. The van der Waals surface area contributed by atoms with Crippen LogP contribution in [0.1, 0.15) is 15.9 Å². The van der Waals surface area contributed by atoms with Gasteiger partial charge in [0.25, 0.3) is 5.91 Å². The van der Waals surface area contributed by atoms with E-state index in [4.69, 9.17) is 23.9 Å². The number of amides is 1. The van der Waals surface area contributed by atoms with Crippen LogP contribution in [0.4, 0.5) is 5.95 Å². The third-order valence-corrected chi connectivity index (χ3v) is 6.25. The fourth-order valence-corrected chi connectivity index (χ4v) is 4.24. The van der Waals surface area contributed by atoms with Gasteiger partial charge in [-0.25, -0.2) is 9.97 Å².